The van der Waals surface area contributed by atoms with Gasteiger partial charge in [0, 0.05) is 17.9 Å². The maximum atomic E-state index is 11.9. The van der Waals surface area contributed by atoms with E-state index in [-0.39, 0.29) is 18.0 Å². The number of nitrogens with zero attached hydrogens (tertiary/aromatic N) is 1. The zero-order chi connectivity index (χ0) is 16.1. The van der Waals surface area contributed by atoms with Crippen molar-refractivity contribution in [3.63, 3.8) is 0 Å². The summed E-state index contributed by atoms with van der Waals surface area (Å²) in [5.74, 6) is 2.28. The van der Waals surface area contributed by atoms with Crippen molar-refractivity contribution in [3.8, 4) is 0 Å². The van der Waals surface area contributed by atoms with Crippen LogP contribution in [0.4, 0.5) is 0 Å². The van der Waals surface area contributed by atoms with E-state index >= 15 is 0 Å². The molecule has 0 aromatic rings. The lowest BCUT2D eigenvalue weighted by Crippen LogP contribution is -2.38. The molecule has 4 aliphatic heterocycles. The third-order valence-electron chi connectivity index (χ3n) is 5.97. The Morgan fingerprint density at radius 2 is 1.96 bits per heavy atom. The normalized spacial score (nSPS) is 40.6. The maximum Gasteiger partial charge on any atom is 0.343 e. The maximum absolute atomic E-state index is 11.9. The molecule has 5 heteroatoms. The lowest BCUT2D eigenvalue weighted by Gasteiger charge is -2.29. The van der Waals surface area contributed by atoms with Crippen molar-refractivity contribution in [1.82, 2.24) is 4.90 Å². The number of allylic oxidation sites excluding steroid dienone is 1. The van der Waals surface area contributed by atoms with Gasteiger partial charge in [0.05, 0.1) is 12.7 Å². The Labute approximate surface area is 137 Å². The van der Waals surface area contributed by atoms with Gasteiger partial charge < -0.3 is 14.2 Å². The molecule has 3 saturated heterocycles. The van der Waals surface area contributed by atoms with Crippen LogP contribution in [0.15, 0.2) is 22.9 Å². The van der Waals surface area contributed by atoms with Gasteiger partial charge in [-0.3, -0.25) is 4.90 Å². The third kappa shape index (κ3) is 2.20. The summed E-state index contributed by atoms with van der Waals surface area (Å²) < 4.78 is 17.2. The summed E-state index contributed by atoms with van der Waals surface area (Å²) in [5.41, 5.74) is 0.528. The molecule has 5 nitrogen and oxygen atoms in total. The highest BCUT2D eigenvalue weighted by molar-refractivity contribution is 5.93. The van der Waals surface area contributed by atoms with Crippen LogP contribution in [-0.4, -0.2) is 43.2 Å². The van der Waals surface area contributed by atoms with Gasteiger partial charge in [0.25, 0.3) is 0 Å². The van der Waals surface area contributed by atoms with Crippen molar-refractivity contribution in [3.05, 3.63) is 22.9 Å². The lowest BCUT2D eigenvalue weighted by atomic mass is 9.82. The zero-order valence-electron chi connectivity index (χ0n) is 14.1. The van der Waals surface area contributed by atoms with E-state index in [9.17, 15) is 4.79 Å². The fraction of sp³-hybridized carbons (Fsp3) is 0.722. The summed E-state index contributed by atoms with van der Waals surface area (Å²) in [4.78, 5) is 14.5. The molecule has 126 valence electrons. The SMILES string of the molecule is COC1=C(C)C(=O)O/C1=C1/O[C@@H]2CCCN3CCC[C@H]3[C@H]2[C@@H]1C. The van der Waals surface area contributed by atoms with Gasteiger partial charge in [-0.05, 0) is 45.7 Å². The molecule has 0 N–H and O–H groups in total. The first kappa shape index (κ1) is 15.1. The Morgan fingerprint density at radius 1 is 1.22 bits per heavy atom. The highest BCUT2D eigenvalue weighted by Gasteiger charge is 2.50. The molecule has 23 heavy (non-hydrogen) atoms. The molecule has 0 saturated carbocycles. The molecule has 0 unspecified atom stereocenters. The van der Waals surface area contributed by atoms with Crippen LogP contribution < -0.4 is 0 Å². The van der Waals surface area contributed by atoms with Gasteiger partial charge in [0.2, 0.25) is 5.76 Å². The first-order valence-corrected chi connectivity index (χ1v) is 8.74. The molecule has 3 fully saturated rings. The topological polar surface area (TPSA) is 48.0 Å². The van der Waals surface area contributed by atoms with Crippen LogP contribution in [0.3, 0.4) is 0 Å². The fourth-order valence-corrected chi connectivity index (χ4v) is 4.89. The minimum atomic E-state index is -0.324. The summed E-state index contributed by atoms with van der Waals surface area (Å²) >= 11 is 0. The predicted molar refractivity (Wildman–Crippen MR) is 84.2 cm³/mol. The number of hydrogen-bond acceptors (Lipinski definition) is 5. The van der Waals surface area contributed by atoms with Gasteiger partial charge in [-0.25, -0.2) is 4.79 Å². The highest BCUT2D eigenvalue weighted by Crippen LogP contribution is 2.48. The smallest absolute Gasteiger partial charge is 0.343 e. The van der Waals surface area contributed by atoms with Crippen molar-refractivity contribution in [1.29, 1.82) is 0 Å². The van der Waals surface area contributed by atoms with Gasteiger partial charge >= 0.3 is 5.97 Å². The Morgan fingerprint density at radius 3 is 2.70 bits per heavy atom. The van der Waals surface area contributed by atoms with Gasteiger partial charge in [-0.1, -0.05) is 6.92 Å². The molecule has 0 aromatic carbocycles. The molecular weight excluding hydrogens is 294 g/mol. The van der Waals surface area contributed by atoms with E-state index in [0.717, 1.165) is 12.2 Å². The van der Waals surface area contributed by atoms with E-state index in [4.69, 9.17) is 14.2 Å². The molecule has 0 aromatic heterocycles. The molecule has 0 radical (unpaired) electrons. The second kappa shape index (κ2) is 5.55. The lowest BCUT2D eigenvalue weighted by molar-refractivity contribution is -0.133. The molecule has 0 spiro atoms. The zero-order valence-corrected chi connectivity index (χ0v) is 14.1. The summed E-state index contributed by atoms with van der Waals surface area (Å²) in [6, 6.07) is 0.601. The van der Waals surface area contributed by atoms with E-state index in [1.807, 2.05) is 0 Å². The summed E-state index contributed by atoms with van der Waals surface area (Å²) in [5, 5.41) is 0. The van der Waals surface area contributed by atoms with Gasteiger partial charge in [0.1, 0.15) is 11.9 Å². The van der Waals surface area contributed by atoms with Crippen LogP contribution in [0.25, 0.3) is 0 Å². The number of ether oxygens (including phenoxy) is 3. The van der Waals surface area contributed by atoms with Crippen molar-refractivity contribution < 1.29 is 19.0 Å². The van der Waals surface area contributed by atoms with E-state index in [1.165, 1.54) is 32.4 Å². The van der Waals surface area contributed by atoms with E-state index in [1.54, 1.807) is 14.0 Å². The predicted octanol–water partition coefficient (Wildman–Crippen LogP) is 2.58. The molecule has 4 rings (SSSR count). The molecule has 0 bridgehead atoms. The number of fused-ring (bicyclic) bond motifs is 3. The summed E-state index contributed by atoms with van der Waals surface area (Å²) in [6.45, 7) is 6.36. The molecule has 0 aliphatic carbocycles. The highest BCUT2D eigenvalue weighted by atomic mass is 16.6. The molecular formula is C18H25NO4. The van der Waals surface area contributed by atoms with Crippen LogP contribution in [0.5, 0.6) is 0 Å². The number of cyclic esters (lactones) is 1. The molecule has 0 amide bonds. The monoisotopic (exact) mass is 319 g/mol. The minimum Gasteiger partial charge on any atom is -0.492 e. The Hall–Kier alpha value is -1.49. The molecule has 4 atom stereocenters. The number of carbonyl (C=O) groups is 1. The summed E-state index contributed by atoms with van der Waals surface area (Å²) in [7, 11) is 1.58. The Balaban J connectivity index is 1.71. The van der Waals surface area contributed by atoms with Crippen LogP contribution in [0.2, 0.25) is 0 Å². The van der Waals surface area contributed by atoms with Gasteiger partial charge in [0.15, 0.2) is 5.76 Å². The Bertz CT molecular complexity index is 594. The minimum absolute atomic E-state index is 0.235. The van der Waals surface area contributed by atoms with E-state index < -0.39 is 0 Å². The molecule has 4 aliphatic rings. The number of carbonyl (C=O) groups excluding carboxylic acids is 1. The number of esters is 1. The van der Waals surface area contributed by atoms with Crippen molar-refractivity contribution in [2.24, 2.45) is 11.8 Å². The number of methoxy groups -OCH3 is 1. The number of rotatable bonds is 1. The standard InChI is InChI=1S/C18H25NO4/c1-10-14-12-6-4-8-19(12)9-5-7-13(14)22-16(10)17-15(21-3)11(2)18(20)23-17/h10,12-14H,4-9H2,1-3H3/b17-16+/t10-,12-,13+,14+/m0/s1. The van der Waals surface area contributed by atoms with Gasteiger partial charge in [-0.2, -0.15) is 0 Å². The molecule has 4 heterocycles. The van der Waals surface area contributed by atoms with Crippen LogP contribution in [-0.2, 0) is 19.0 Å². The third-order valence-corrected chi connectivity index (χ3v) is 5.97. The first-order chi connectivity index (χ1) is 11.1. The van der Waals surface area contributed by atoms with Crippen LogP contribution in [0.1, 0.15) is 39.5 Å². The quantitative estimate of drug-likeness (QED) is 0.695. The second-order valence-corrected chi connectivity index (χ2v) is 7.15. The van der Waals surface area contributed by atoms with Crippen LogP contribution >= 0.6 is 0 Å². The van der Waals surface area contributed by atoms with E-state index in [0.29, 0.717) is 29.1 Å². The largest absolute Gasteiger partial charge is 0.492 e. The second-order valence-electron chi connectivity index (χ2n) is 7.15. The van der Waals surface area contributed by atoms with Crippen molar-refractivity contribution in [2.45, 2.75) is 51.7 Å². The fourth-order valence-electron chi connectivity index (χ4n) is 4.89. The first-order valence-electron chi connectivity index (χ1n) is 8.74. The average molecular weight is 319 g/mol. The number of hydrogen-bond donors (Lipinski definition) is 0. The summed E-state index contributed by atoms with van der Waals surface area (Å²) in [6.07, 6.45) is 5.03. The van der Waals surface area contributed by atoms with Crippen LogP contribution in [0, 0.1) is 11.8 Å². The Kier molecular flexibility index (Phi) is 3.63. The van der Waals surface area contributed by atoms with Gasteiger partial charge in [-0.15, -0.1) is 0 Å². The van der Waals surface area contributed by atoms with Crippen molar-refractivity contribution in [2.75, 3.05) is 20.2 Å². The average Bonchev–Trinajstić information content (AvgIpc) is 3.15. The van der Waals surface area contributed by atoms with Crippen molar-refractivity contribution >= 4 is 5.97 Å². The van der Waals surface area contributed by atoms with E-state index in [2.05, 4.69) is 11.8 Å².